The van der Waals surface area contributed by atoms with Gasteiger partial charge in [-0.1, -0.05) is 30.3 Å². The minimum absolute atomic E-state index is 0.0751. The molecule has 0 saturated carbocycles. The summed E-state index contributed by atoms with van der Waals surface area (Å²) in [5.41, 5.74) is 2.63. The van der Waals surface area contributed by atoms with Gasteiger partial charge in [-0.15, -0.1) is 11.3 Å². The molecular weight excluding hydrogens is 400 g/mol. The average Bonchev–Trinajstić information content (AvgIpc) is 3.24. The number of morpholine rings is 1. The number of amides is 1. The van der Waals surface area contributed by atoms with E-state index in [-0.39, 0.29) is 17.4 Å². The highest BCUT2D eigenvalue weighted by Crippen LogP contribution is 2.32. The number of rotatable bonds is 3. The zero-order chi connectivity index (χ0) is 20.5. The van der Waals surface area contributed by atoms with Crippen molar-refractivity contribution >= 4 is 33.4 Å². The number of aromatic nitrogens is 2. The summed E-state index contributed by atoms with van der Waals surface area (Å²) >= 11 is 1.42. The van der Waals surface area contributed by atoms with Gasteiger partial charge >= 0.3 is 0 Å². The molecule has 2 aliphatic rings. The van der Waals surface area contributed by atoms with Crippen molar-refractivity contribution in [3.8, 4) is 11.1 Å². The Morgan fingerprint density at radius 2 is 1.97 bits per heavy atom. The van der Waals surface area contributed by atoms with E-state index in [0.717, 1.165) is 36.0 Å². The molecule has 0 unspecified atom stereocenters. The number of hydrogen-bond donors (Lipinski definition) is 1. The van der Waals surface area contributed by atoms with E-state index in [4.69, 9.17) is 9.72 Å². The molecule has 8 heteroatoms. The van der Waals surface area contributed by atoms with E-state index in [1.54, 1.807) is 0 Å². The number of anilines is 1. The first kappa shape index (κ1) is 19.3. The van der Waals surface area contributed by atoms with E-state index in [9.17, 15) is 9.59 Å². The van der Waals surface area contributed by atoms with Crippen molar-refractivity contribution in [1.82, 2.24) is 14.9 Å². The molecule has 1 aromatic carbocycles. The maximum absolute atomic E-state index is 13.0. The molecule has 0 bridgehead atoms. The van der Waals surface area contributed by atoms with Gasteiger partial charge in [-0.2, -0.15) is 0 Å². The lowest BCUT2D eigenvalue weighted by atomic mass is 9.96. The first-order chi connectivity index (χ1) is 14.7. The van der Waals surface area contributed by atoms with Crippen LogP contribution in [0.1, 0.15) is 12.8 Å². The number of benzene rings is 1. The van der Waals surface area contributed by atoms with Crippen LogP contribution in [0.25, 0.3) is 21.3 Å². The quantitative estimate of drug-likeness (QED) is 0.700. The molecule has 0 spiro atoms. The second-order valence-electron chi connectivity index (χ2n) is 7.81. The maximum atomic E-state index is 13.0. The number of fused-ring (bicyclic) bond motifs is 1. The number of nitrogens with one attached hydrogen (secondary N) is 1. The molecule has 0 aliphatic carbocycles. The van der Waals surface area contributed by atoms with Crippen LogP contribution in [0.2, 0.25) is 0 Å². The Morgan fingerprint density at radius 3 is 2.77 bits per heavy atom. The molecule has 1 N–H and O–H groups in total. The SMILES string of the molecule is O=C([C@H]1CCCN(c2nc3c(-c4ccccc4)csc3c(=O)[nH]2)C1)N1CCOCC1. The van der Waals surface area contributed by atoms with Crippen LogP contribution in [0.15, 0.2) is 40.5 Å². The summed E-state index contributed by atoms with van der Waals surface area (Å²) in [5, 5.41) is 1.99. The van der Waals surface area contributed by atoms with Gasteiger partial charge in [-0.05, 0) is 18.4 Å². The minimum atomic E-state index is -0.121. The van der Waals surface area contributed by atoms with Crippen LogP contribution >= 0.6 is 11.3 Å². The summed E-state index contributed by atoms with van der Waals surface area (Å²) in [6.07, 6.45) is 1.77. The molecule has 1 atom stereocenters. The van der Waals surface area contributed by atoms with Gasteiger partial charge in [-0.25, -0.2) is 4.98 Å². The fourth-order valence-electron chi connectivity index (χ4n) is 4.30. The Balaban J connectivity index is 1.44. The molecule has 2 saturated heterocycles. The average molecular weight is 425 g/mol. The number of H-pyrrole nitrogens is 1. The standard InChI is InChI=1S/C22H24N4O3S/c27-20-19-18(17(14-30-19)15-5-2-1-3-6-15)23-22(24-20)26-8-4-7-16(13-26)21(28)25-9-11-29-12-10-25/h1-3,5-6,14,16H,4,7-13H2,(H,23,24,27)/t16-/m0/s1. The minimum Gasteiger partial charge on any atom is -0.378 e. The number of carbonyl (C=O) groups is 1. The van der Waals surface area contributed by atoms with Gasteiger partial charge in [-0.3, -0.25) is 14.6 Å². The van der Waals surface area contributed by atoms with E-state index >= 15 is 0 Å². The summed E-state index contributed by atoms with van der Waals surface area (Å²) in [7, 11) is 0. The van der Waals surface area contributed by atoms with Crippen molar-refractivity contribution < 1.29 is 9.53 Å². The van der Waals surface area contributed by atoms with Crippen molar-refractivity contribution in [1.29, 1.82) is 0 Å². The second-order valence-corrected chi connectivity index (χ2v) is 8.69. The van der Waals surface area contributed by atoms with Gasteiger partial charge in [0, 0.05) is 37.1 Å². The number of hydrogen-bond acceptors (Lipinski definition) is 6. The summed E-state index contributed by atoms with van der Waals surface area (Å²) in [6, 6.07) is 10.0. The molecule has 2 aliphatic heterocycles. The van der Waals surface area contributed by atoms with E-state index < -0.39 is 0 Å². The molecule has 0 radical (unpaired) electrons. The first-order valence-electron chi connectivity index (χ1n) is 10.4. The summed E-state index contributed by atoms with van der Waals surface area (Å²) in [4.78, 5) is 37.5. The molecule has 5 rings (SSSR count). The topological polar surface area (TPSA) is 78.5 Å². The van der Waals surface area contributed by atoms with Crippen molar-refractivity contribution in [3.63, 3.8) is 0 Å². The summed E-state index contributed by atoms with van der Waals surface area (Å²) < 4.78 is 6.00. The number of carbonyl (C=O) groups excluding carboxylic acids is 1. The second kappa shape index (κ2) is 8.20. The zero-order valence-electron chi connectivity index (χ0n) is 16.7. The van der Waals surface area contributed by atoms with Gasteiger partial charge in [0.25, 0.3) is 5.56 Å². The number of aromatic amines is 1. The van der Waals surface area contributed by atoms with Gasteiger partial charge < -0.3 is 14.5 Å². The molecule has 3 aromatic rings. The van der Waals surface area contributed by atoms with E-state index in [1.807, 2.05) is 40.6 Å². The van der Waals surface area contributed by atoms with Gasteiger partial charge in [0.2, 0.25) is 11.9 Å². The molecule has 4 heterocycles. The Labute approximate surface area is 178 Å². The van der Waals surface area contributed by atoms with Crippen LogP contribution in [0, 0.1) is 5.92 Å². The van der Waals surface area contributed by atoms with Crippen LogP contribution in [0.4, 0.5) is 5.95 Å². The maximum Gasteiger partial charge on any atom is 0.270 e. The van der Waals surface area contributed by atoms with Crippen molar-refractivity contribution in [2.45, 2.75) is 12.8 Å². The molecule has 2 aromatic heterocycles. The Bertz CT molecular complexity index is 1100. The molecule has 30 heavy (non-hydrogen) atoms. The van der Waals surface area contributed by atoms with Crippen LogP contribution in [-0.2, 0) is 9.53 Å². The number of nitrogens with zero attached hydrogens (tertiary/aromatic N) is 3. The van der Waals surface area contributed by atoms with Gasteiger partial charge in [0.05, 0.1) is 24.6 Å². The molecule has 156 valence electrons. The molecule has 1 amide bonds. The molecule has 2 fully saturated rings. The molecular formula is C22H24N4O3S. The summed E-state index contributed by atoms with van der Waals surface area (Å²) in [6.45, 7) is 3.89. The summed E-state index contributed by atoms with van der Waals surface area (Å²) in [5.74, 6) is 0.670. The number of piperidine rings is 1. The largest absolute Gasteiger partial charge is 0.378 e. The normalized spacial score (nSPS) is 19.9. The smallest absolute Gasteiger partial charge is 0.270 e. The van der Waals surface area contributed by atoms with Crippen LogP contribution in [0.3, 0.4) is 0 Å². The zero-order valence-corrected chi connectivity index (χ0v) is 17.5. The lowest BCUT2D eigenvalue weighted by Crippen LogP contribution is -2.48. The first-order valence-corrected chi connectivity index (χ1v) is 11.3. The molecule has 7 nitrogen and oxygen atoms in total. The fourth-order valence-corrected chi connectivity index (χ4v) is 5.21. The van der Waals surface area contributed by atoms with Crippen molar-refractivity contribution in [3.05, 3.63) is 46.1 Å². The van der Waals surface area contributed by atoms with E-state index in [1.165, 1.54) is 11.3 Å². The highest BCUT2D eigenvalue weighted by Gasteiger charge is 2.31. The number of ether oxygens (including phenoxy) is 1. The third-order valence-electron chi connectivity index (χ3n) is 5.89. The lowest BCUT2D eigenvalue weighted by Gasteiger charge is -2.36. The van der Waals surface area contributed by atoms with Crippen LogP contribution < -0.4 is 10.5 Å². The lowest BCUT2D eigenvalue weighted by molar-refractivity contribution is -0.139. The van der Waals surface area contributed by atoms with Crippen LogP contribution in [0.5, 0.6) is 0 Å². The van der Waals surface area contributed by atoms with Crippen molar-refractivity contribution in [2.24, 2.45) is 5.92 Å². The van der Waals surface area contributed by atoms with Gasteiger partial charge in [0.15, 0.2) is 0 Å². The Morgan fingerprint density at radius 1 is 1.17 bits per heavy atom. The predicted molar refractivity (Wildman–Crippen MR) is 118 cm³/mol. The highest BCUT2D eigenvalue weighted by molar-refractivity contribution is 7.17. The third kappa shape index (κ3) is 3.61. The van der Waals surface area contributed by atoms with E-state index in [0.29, 0.717) is 43.5 Å². The highest BCUT2D eigenvalue weighted by atomic mass is 32.1. The Hall–Kier alpha value is -2.71. The monoisotopic (exact) mass is 424 g/mol. The van der Waals surface area contributed by atoms with Crippen LogP contribution in [-0.4, -0.2) is 60.2 Å². The Kier molecular flexibility index (Phi) is 5.26. The van der Waals surface area contributed by atoms with Crippen molar-refractivity contribution in [2.75, 3.05) is 44.3 Å². The van der Waals surface area contributed by atoms with E-state index in [2.05, 4.69) is 9.88 Å². The third-order valence-corrected chi connectivity index (χ3v) is 6.86. The number of thiophene rings is 1. The van der Waals surface area contributed by atoms with Gasteiger partial charge in [0.1, 0.15) is 4.70 Å². The fraction of sp³-hybridized carbons (Fsp3) is 0.409. The predicted octanol–water partition coefficient (Wildman–Crippen LogP) is 2.73.